The first-order valence-corrected chi connectivity index (χ1v) is 7.13. The molecule has 0 aromatic heterocycles. The second-order valence-corrected chi connectivity index (χ2v) is 6.94. The van der Waals surface area contributed by atoms with Crippen LogP contribution >= 0.6 is 0 Å². The van der Waals surface area contributed by atoms with Gasteiger partial charge in [-0.2, -0.15) is 0 Å². The number of benzene rings is 1. The SMILES string of the molecule is CN(CCN(C)C(C)(C)c1ccccc1)C(C)(C)C. The van der Waals surface area contributed by atoms with Crippen molar-refractivity contribution >= 4 is 0 Å². The summed E-state index contributed by atoms with van der Waals surface area (Å²) in [6.07, 6.45) is 0. The highest BCUT2D eigenvalue weighted by molar-refractivity contribution is 5.22. The maximum absolute atomic E-state index is 2.44. The van der Waals surface area contributed by atoms with E-state index >= 15 is 0 Å². The van der Waals surface area contributed by atoms with Crippen molar-refractivity contribution in [2.24, 2.45) is 0 Å². The van der Waals surface area contributed by atoms with E-state index in [9.17, 15) is 0 Å². The summed E-state index contributed by atoms with van der Waals surface area (Å²) in [6, 6.07) is 10.7. The van der Waals surface area contributed by atoms with Gasteiger partial charge in [-0.05, 0) is 54.3 Å². The van der Waals surface area contributed by atoms with Crippen LogP contribution in [-0.4, -0.2) is 42.5 Å². The molecule has 0 fully saturated rings. The molecule has 1 aromatic carbocycles. The maximum Gasteiger partial charge on any atom is 0.0401 e. The molecule has 0 unspecified atom stereocenters. The van der Waals surface area contributed by atoms with Gasteiger partial charge in [0.25, 0.3) is 0 Å². The minimum atomic E-state index is 0.0694. The average molecular weight is 262 g/mol. The molecule has 2 heteroatoms. The van der Waals surface area contributed by atoms with Crippen LogP contribution in [0.2, 0.25) is 0 Å². The number of hydrogen-bond acceptors (Lipinski definition) is 2. The van der Waals surface area contributed by atoms with Crippen LogP contribution in [0.25, 0.3) is 0 Å². The Morgan fingerprint density at radius 1 is 0.789 bits per heavy atom. The van der Waals surface area contributed by atoms with Gasteiger partial charge in [0.2, 0.25) is 0 Å². The van der Waals surface area contributed by atoms with Gasteiger partial charge in [-0.1, -0.05) is 30.3 Å². The zero-order valence-corrected chi connectivity index (χ0v) is 13.7. The summed E-state index contributed by atoms with van der Waals surface area (Å²) in [7, 11) is 4.41. The molecule has 108 valence electrons. The Kier molecular flexibility index (Phi) is 5.17. The van der Waals surface area contributed by atoms with E-state index in [1.165, 1.54) is 5.56 Å². The highest BCUT2D eigenvalue weighted by Crippen LogP contribution is 2.26. The van der Waals surface area contributed by atoms with Gasteiger partial charge < -0.3 is 4.90 Å². The zero-order valence-electron chi connectivity index (χ0n) is 13.7. The summed E-state index contributed by atoms with van der Waals surface area (Å²) < 4.78 is 0. The van der Waals surface area contributed by atoms with E-state index < -0.39 is 0 Å². The first kappa shape index (κ1) is 16.2. The molecule has 0 N–H and O–H groups in total. The van der Waals surface area contributed by atoms with Crippen molar-refractivity contribution in [3.63, 3.8) is 0 Å². The predicted octanol–water partition coefficient (Wildman–Crippen LogP) is 3.58. The van der Waals surface area contributed by atoms with Crippen molar-refractivity contribution in [3.05, 3.63) is 35.9 Å². The quantitative estimate of drug-likeness (QED) is 0.800. The van der Waals surface area contributed by atoms with Crippen LogP contribution in [0, 0.1) is 0 Å². The normalized spacial score (nSPS) is 13.3. The topological polar surface area (TPSA) is 6.48 Å². The van der Waals surface area contributed by atoms with Gasteiger partial charge in [0.15, 0.2) is 0 Å². The summed E-state index contributed by atoms with van der Waals surface area (Å²) in [5, 5.41) is 0. The van der Waals surface area contributed by atoms with Crippen LogP contribution < -0.4 is 0 Å². The molecule has 0 atom stereocenters. The van der Waals surface area contributed by atoms with Gasteiger partial charge in [0, 0.05) is 24.2 Å². The molecule has 0 heterocycles. The van der Waals surface area contributed by atoms with Crippen LogP contribution in [0.15, 0.2) is 30.3 Å². The van der Waals surface area contributed by atoms with Crippen molar-refractivity contribution in [2.45, 2.75) is 45.7 Å². The lowest BCUT2D eigenvalue weighted by Gasteiger charge is -2.39. The Morgan fingerprint density at radius 3 is 1.74 bits per heavy atom. The van der Waals surface area contributed by atoms with Crippen molar-refractivity contribution in [1.29, 1.82) is 0 Å². The van der Waals surface area contributed by atoms with Crippen LogP contribution in [0.4, 0.5) is 0 Å². The largest absolute Gasteiger partial charge is 0.300 e. The predicted molar refractivity (Wildman–Crippen MR) is 84.5 cm³/mol. The van der Waals surface area contributed by atoms with E-state index in [-0.39, 0.29) is 11.1 Å². The highest BCUT2D eigenvalue weighted by atomic mass is 15.2. The molecule has 0 aliphatic rings. The monoisotopic (exact) mass is 262 g/mol. The third-order valence-electron chi connectivity index (χ3n) is 4.35. The molecule has 0 aliphatic carbocycles. The zero-order chi connectivity index (χ0) is 14.7. The van der Waals surface area contributed by atoms with E-state index in [1.54, 1.807) is 0 Å². The van der Waals surface area contributed by atoms with Gasteiger partial charge in [-0.25, -0.2) is 0 Å². The Morgan fingerprint density at radius 2 is 1.26 bits per heavy atom. The molecule has 0 saturated heterocycles. The molecule has 1 rings (SSSR count). The Hall–Kier alpha value is -0.860. The van der Waals surface area contributed by atoms with Gasteiger partial charge in [0.05, 0.1) is 0 Å². The lowest BCUT2D eigenvalue weighted by molar-refractivity contribution is 0.106. The molecule has 0 saturated carbocycles. The first-order chi connectivity index (χ1) is 8.65. The van der Waals surface area contributed by atoms with Gasteiger partial charge >= 0.3 is 0 Å². The summed E-state index contributed by atoms with van der Waals surface area (Å²) >= 11 is 0. The van der Waals surface area contributed by atoms with E-state index in [4.69, 9.17) is 0 Å². The lowest BCUT2D eigenvalue weighted by atomic mass is 9.92. The first-order valence-electron chi connectivity index (χ1n) is 7.13. The summed E-state index contributed by atoms with van der Waals surface area (Å²) in [5.74, 6) is 0. The molecular formula is C17H30N2. The number of hydrogen-bond donors (Lipinski definition) is 0. The van der Waals surface area contributed by atoms with Crippen LogP contribution in [-0.2, 0) is 5.54 Å². The van der Waals surface area contributed by atoms with E-state index in [1.807, 2.05) is 0 Å². The number of likely N-dealkylation sites (N-methyl/N-ethyl adjacent to an activating group) is 2. The second kappa shape index (κ2) is 6.06. The van der Waals surface area contributed by atoms with Crippen molar-refractivity contribution in [2.75, 3.05) is 27.2 Å². The molecule has 0 radical (unpaired) electrons. The Labute approximate surface area is 119 Å². The molecule has 2 nitrogen and oxygen atoms in total. The second-order valence-electron chi connectivity index (χ2n) is 6.94. The lowest BCUT2D eigenvalue weighted by Crippen LogP contribution is -2.46. The van der Waals surface area contributed by atoms with Crippen LogP contribution in [0.3, 0.4) is 0 Å². The van der Waals surface area contributed by atoms with E-state index in [0.29, 0.717) is 0 Å². The summed E-state index contributed by atoms with van der Waals surface area (Å²) in [6.45, 7) is 13.5. The molecule has 0 bridgehead atoms. The number of rotatable bonds is 5. The standard InChI is InChI=1S/C17H30N2/c1-16(2,3)18(6)13-14-19(7)17(4,5)15-11-9-8-10-12-15/h8-12H,13-14H2,1-7H3. The summed E-state index contributed by atoms with van der Waals surface area (Å²) in [5.41, 5.74) is 1.67. The Bertz CT molecular complexity index is 376. The molecule has 0 aliphatic heterocycles. The highest BCUT2D eigenvalue weighted by Gasteiger charge is 2.26. The van der Waals surface area contributed by atoms with E-state index in [0.717, 1.165) is 13.1 Å². The third kappa shape index (κ3) is 4.32. The average Bonchev–Trinajstić information content (AvgIpc) is 2.35. The minimum absolute atomic E-state index is 0.0694. The number of nitrogens with zero attached hydrogens (tertiary/aromatic N) is 2. The van der Waals surface area contributed by atoms with Crippen molar-refractivity contribution in [3.8, 4) is 0 Å². The molecule has 1 aromatic rings. The minimum Gasteiger partial charge on any atom is -0.300 e. The van der Waals surface area contributed by atoms with Crippen LogP contribution in [0.5, 0.6) is 0 Å². The fraction of sp³-hybridized carbons (Fsp3) is 0.647. The van der Waals surface area contributed by atoms with Crippen molar-refractivity contribution in [1.82, 2.24) is 9.80 Å². The Balaban J connectivity index is 2.65. The molecule has 0 amide bonds. The van der Waals surface area contributed by atoms with Gasteiger partial charge in [-0.15, -0.1) is 0 Å². The van der Waals surface area contributed by atoms with Gasteiger partial charge in [-0.3, -0.25) is 4.90 Å². The molecular weight excluding hydrogens is 232 g/mol. The van der Waals surface area contributed by atoms with E-state index in [2.05, 4.69) is 88.8 Å². The van der Waals surface area contributed by atoms with Gasteiger partial charge in [0.1, 0.15) is 0 Å². The fourth-order valence-corrected chi connectivity index (χ4v) is 1.98. The fourth-order valence-electron chi connectivity index (χ4n) is 1.98. The maximum atomic E-state index is 2.44. The third-order valence-corrected chi connectivity index (χ3v) is 4.35. The van der Waals surface area contributed by atoms with Crippen LogP contribution in [0.1, 0.15) is 40.2 Å². The summed E-state index contributed by atoms with van der Waals surface area (Å²) in [4.78, 5) is 4.84. The molecule has 19 heavy (non-hydrogen) atoms. The van der Waals surface area contributed by atoms with Crippen molar-refractivity contribution < 1.29 is 0 Å². The smallest absolute Gasteiger partial charge is 0.0401 e. The molecule has 0 spiro atoms.